The van der Waals surface area contributed by atoms with E-state index < -0.39 is 6.04 Å². The third kappa shape index (κ3) is 5.23. The van der Waals surface area contributed by atoms with Gasteiger partial charge in [-0.1, -0.05) is 48.5 Å². The topological polar surface area (TPSA) is 91.0 Å². The summed E-state index contributed by atoms with van der Waals surface area (Å²) >= 11 is 0. The van der Waals surface area contributed by atoms with Crippen molar-refractivity contribution in [1.29, 1.82) is 5.41 Å². The maximum absolute atomic E-state index is 13.1. The van der Waals surface area contributed by atoms with Crippen molar-refractivity contribution in [1.82, 2.24) is 5.32 Å². The number of hydrogen-bond donors (Lipinski definition) is 4. The Hall–Kier alpha value is -3.60. The molecular weight excluding hydrogens is 360 g/mol. The second-order valence-electron chi connectivity index (χ2n) is 7.12. The highest BCUT2D eigenvalue weighted by Crippen LogP contribution is 2.23. The Morgan fingerprint density at radius 3 is 2.28 bits per heavy atom. The minimum Gasteiger partial charge on any atom is -0.384 e. The van der Waals surface area contributed by atoms with E-state index in [1.807, 2.05) is 67.6 Å². The third-order valence-electron chi connectivity index (χ3n) is 4.94. The molecule has 0 aromatic heterocycles. The highest BCUT2D eigenvalue weighted by atomic mass is 16.2. The molecule has 3 aromatic carbocycles. The lowest BCUT2D eigenvalue weighted by Gasteiger charge is -2.21. The van der Waals surface area contributed by atoms with Crippen LogP contribution in [-0.4, -0.2) is 11.7 Å². The van der Waals surface area contributed by atoms with Gasteiger partial charge in [0.25, 0.3) is 0 Å². The quantitative estimate of drug-likeness (QED) is 0.365. The molecule has 0 saturated heterocycles. The number of amidine groups is 1. The first-order valence-electron chi connectivity index (χ1n) is 9.54. The first-order valence-corrected chi connectivity index (χ1v) is 9.54. The lowest BCUT2D eigenvalue weighted by molar-refractivity contribution is -0.122. The monoisotopic (exact) mass is 386 g/mol. The Balaban J connectivity index is 1.83. The highest BCUT2D eigenvalue weighted by Gasteiger charge is 2.21. The Kier molecular flexibility index (Phi) is 6.29. The number of rotatable bonds is 7. The summed E-state index contributed by atoms with van der Waals surface area (Å²) in [7, 11) is 0. The van der Waals surface area contributed by atoms with E-state index in [2.05, 4.69) is 17.6 Å². The Bertz CT molecular complexity index is 997. The fraction of sp³-hybridized carbons (Fsp3) is 0.167. The lowest BCUT2D eigenvalue weighted by Crippen LogP contribution is -2.33. The van der Waals surface area contributed by atoms with Crippen LogP contribution < -0.4 is 16.4 Å². The summed E-state index contributed by atoms with van der Waals surface area (Å²) in [6.07, 6.45) is 0. The molecule has 0 bridgehead atoms. The van der Waals surface area contributed by atoms with Crippen LogP contribution in [0.5, 0.6) is 0 Å². The Morgan fingerprint density at radius 1 is 0.966 bits per heavy atom. The molecular formula is C24H26N4O. The van der Waals surface area contributed by atoms with Gasteiger partial charge >= 0.3 is 0 Å². The van der Waals surface area contributed by atoms with E-state index in [0.29, 0.717) is 12.1 Å². The van der Waals surface area contributed by atoms with Gasteiger partial charge in [-0.2, -0.15) is 0 Å². The predicted octanol–water partition coefficient (Wildman–Crippen LogP) is 4.06. The standard InChI is InChI=1S/C24H26N4O/c1-16-8-9-20(14-17(16)2)22(24(29)27-15-18-6-4-3-5-7-18)28-21-12-10-19(11-13-21)23(25)26/h3-14,22,28H,15H2,1-2H3,(H3,25,26)(H,27,29)/t22-/m1/s1. The van der Waals surface area contributed by atoms with Gasteiger partial charge in [0.1, 0.15) is 11.9 Å². The van der Waals surface area contributed by atoms with Crippen molar-refractivity contribution in [3.05, 3.63) is 101 Å². The van der Waals surface area contributed by atoms with Crippen molar-refractivity contribution in [3.8, 4) is 0 Å². The molecule has 0 fully saturated rings. The number of hydrogen-bond acceptors (Lipinski definition) is 3. The summed E-state index contributed by atoms with van der Waals surface area (Å²) in [5.41, 5.74) is 11.2. The fourth-order valence-electron chi connectivity index (χ4n) is 3.04. The SMILES string of the molecule is Cc1ccc([C@@H](Nc2ccc(C(=N)N)cc2)C(=O)NCc2ccccc2)cc1C. The number of nitrogens with one attached hydrogen (secondary N) is 3. The Morgan fingerprint density at radius 2 is 1.66 bits per heavy atom. The van der Waals surface area contributed by atoms with Crippen LogP contribution in [0.1, 0.15) is 33.9 Å². The van der Waals surface area contributed by atoms with E-state index in [1.165, 1.54) is 5.56 Å². The van der Waals surface area contributed by atoms with Crippen LogP contribution in [0.3, 0.4) is 0 Å². The van der Waals surface area contributed by atoms with Crippen molar-refractivity contribution in [2.45, 2.75) is 26.4 Å². The van der Waals surface area contributed by atoms with Crippen LogP contribution >= 0.6 is 0 Å². The van der Waals surface area contributed by atoms with Crippen LogP contribution in [-0.2, 0) is 11.3 Å². The zero-order valence-corrected chi connectivity index (χ0v) is 16.7. The minimum absolute atomic E-state index is 0.0165. The van der Waals surface area contributed by atoms with Crippen molar-refractivity contribution in [2.75, 3.05) is 5.32 Å². The van der Waals surface area contributed by atoms with Gasteiger partial charge in [-0.3, -0.25) is 10.2 Å². The van der Waals surface area contributed by atoms with Gasteiger partial charge in [0.15, 0.2) is 0 Å². The van der Waals surface area contributed by atoms with Crippen molar-refractivity contribution < 1.29 is 4.79 Å². The van der Waals surface area contributed by atoms with Crippen LogP contribution in [0.4, 0.5) is 5.69 Å². The largest absolute Gasteiger partial charge is 0.384 e. The lowest BCUT2D eigenvalue weighted by atomic mass is 10.00. The van der Waals surface area contributed by atoms with E-state index in [0.717, 1.165) is 22.4 Å². The molecule has 148 valence electrons. The second-order valence-corrected chi connectivity index (χ2v) is 7.12. The van der Waals surface area contributed by atoms with Crippen molar-refractivity contribution in [2.24, 2.45) is 5.73 Å². The number of anilines is 1. The predicted molar refractivity (Wildman–Crippen MR) is 118 cm³/mol. The van der Waals surface area contributed by atoms with E-state index in [1.54, 1.807) is 12.1 Å². The normalized spacial score (nSPS) is 11.5. The molecule has 5 heteroatoms. The van der Waals surface area contributed by atoms with Crippen LogP contribution in [0.25, 0.3) is 0 Å². The van der Waals surface area contributed by atoms with Gasteiger partial charge in [-0.15, -0.1) is 0 Å². The summed E-state index contributed by atoms with van der Waals surface area (Å²) in [6, 6.07) is 22.5. The molecule has 1 atom stereocenters. The number of amides is 1. The molecule has 0 heterocycles. The van der Waals surface area contributed by atoms with Gasteiger partial charge in [0.05, 0.1) is 0 Å². The number of nitrogen functional groups attached to an aromatic ring is 1. The van der Waals surface area contributed by atoms with E-state index in [-0.39, 0.29) is 11.7 Å². The molecule has 0 spiro atoms. The van der Waals surface area contributed by atoms with E-state index in [9.17, 15) is 4.79 Å². The zero-order valence-electron chi connectivity index (χ0n) is 16.7. The number of carbonyl (C=O) groups is 1. The average Bonchev–Trinajstić information content (AvgIpc) is 2.73. The van der Waals surface area contributed by atoms with Gasteiger partial charge in [-0.05, 0) is 60.4 Å². The number of nitrogens with two attached hydrogens (primary N) is 1. The van der Waals surface area contributed by atoms with Crippen LogP contribution in [0.2, 0.25) is 0 Å². The smallest absolute Gasteiger partial charge is 0.247 e. The molecule has 1 amide bonds. The summed E-state index contributed by atoms with van der Waals surface area (Å²) in [5.74, 6) is -0.0874. The number of aryl methyl sites for hydroxylation is 2. The molecule has 3 rings (SSSR count). The maximum Gasteiger partial charge on any atom is 0.247 e. The van der Waals surface area contributed by atoms with Gasteiger partial charge < -0.3 is 16.4 Å². The summed E-state index contributed by atoms with van der Waals surface area (Å²) < 4.78 is 0. The third-order valence-corrected chi connectivity index (χ3v) is 4.94. The van der Waals surface area contributed by atoms with Crippen LogP contribution in [0.15, 0.2) is 72.8 Å². The first-order chi connectivity index (χ1) is 13.9. The Labute approximate surface area is 171 Å². The first kappa shape index (κ1) is 20.1. The maximum atomic E-state index is 13.1. The molecule has 29 heavy (non-hydrogen) atoms. The highest BCUT2D eigenvalue weighted by molar-refractivity contribution is 5.95. The molecule has 0 aliphatic rings. The molecule has 0 unspecified atom stereocenters. The second kappa shape index (κ2) is 9.06. The number of carbonyl (C=O) groups excluding carboxylic acids is 1. The average molecular weight is 386 g/mol. The summed E-state index contributed by atoms with van der Waals surface area (Å²) in [6.45, 7) is 4.56. The zero-order chi connectivity index (χ0) is 20.8. The molecule has 0 aliphatic heterocycles. The molecule has 0 radical (unpaired) electrons. The molecule has 0 aliphatic carbocycles. The van der Waals surface area contributed by atoms with Gasteiger partial charge in [-0.25, -0.2) is 0 Å². The minimum atomic E-state index is -0.541. The fourth-order valence-corrected chi connectivity index (χ4v) is 3.04. The van der Waals surface area contributed by atoms with Crippen LogP contribution in [0, 0.1) is 19.3 Å². The summed E-state index contributed by atoms with van der Waals surface area (Å²) in [5, 5.41) is 13.9. The van der Waals surface area contributed by atoms with Crippen molar-refractivity contribution in [3.63, 3.8) is 0 Å². The van der Waals surface area contributed by atoms with Gasteiger partial charge in [0, 0.05) is 17.8 Å². The molecule has 5 nitrogen and oxygen atoms in total. The molecule has 0 saturated carbocycles. The van der Waals surface area contributed by atoms with E-state index >= 15 is 0 Å². The van der Waals surface area contributed by atoms with Crippen molar-refractivity contribution >= 4 is 17.4 Å². The molecule has 5 N–H and O–H groups in total. The van der Waals surface area contributed by atoms with Gasteiger partial charge in [0.2, 0.25) is 5.91 Å². The number of benzene rings is 3. The van der Waals surface area contributed by atoms with E-state index in [4.69, 9.17) is 11.1 Å². The molecule has 3 aromatic rings. The summed E-state index contributed by atoms with van der Waals surface area (Å²) in [4.78, 5) is 13.1.